The topological polar surface area (TPSA) is 99.8 Å². The van der Waals surface area contributed by atoms with E-state index >= 15 is 0 Å². The number of nitrogens with zero attached hydrogens (tertiary/aromatic N) is 1. The zero-order valence-corrected chi connectivity index (χ0v) is 19.4. The highest BCUT2D eigenvalue weighted by molar-refractivity contribution is 5.90. The van der Waals surface area contributed by atoms with Crippen molar-refractivity contribution < 1.29 is 19.1 Å². The number of urea groups is 1. The van der Waals surface area contributed by atoms with Crippen LogP contribution in [0.25, 0.3) is 0 Å². The fourth-order valence-corrected chi connectivity index (χ4v) is 3.89. The van der Waals surface area contributed by atoms with Gasteiger partial charge in [-0.1, -0.05) is 30.3 Å². The lowest BCUT2D eigenvalue weighted by atomic mass is 10.0. The number of ether oxygens (including phenoxy) is 1. The van der Waals surface area contributed by atoms with Gasteiger partial charge in [0.15, 0.2) is 0 Å². The van der Waals surface area contributed by atoms with Crippen LogP contribution in [-0.4, -0.2) is 55.0 Å². The lowest BCUT2D eigenvalue weighted by Gasteiger charge is -2.33. The molecule has 0 aliphatic carbocycles. The number of likely N-dealkylation sites (tertiary alicyclic amines) is 1. The summed E-state index contributed by atoms with van der Waals surface area (Å²) < 4.78 is 5.17. The minimum Gasteiger partial charge on any atom is -0.497 e. The van der Waals surface area contributed by atoms with Crippen LogP contribution in [0.15, 0.2) is 48.5 Å². The van der Waals surface area contributed by atoms with Crippen molar-refractivity contribution in [3.05, 3.63) is 59.7 Å². The van der Waals surface area contributed by atoms with Crippen LogP contribution in [0.3, 0.4) is 0 Å². The fourth-order valence-electron chi connectivity index (χ4n) is 3.89. The second-order valence-electron chi connectivity index (χ2n) is 8.32. The minimum atomic E-state index is -0.668. The van der Waals surface area contributed by atoms with Crippen LogP contribution in [0.4, 0.5) is 10.5 Å². The lowest BCUT2D eigenvalue weighted by molar-refractivity contribution is -0.128. The molecule has 2 aromatic carbocycles. The maximum absolute atomic E-state index is 12.9. The molecule has 2 aromatic rings. The van der Waals surface area contributed by atoms with Gasteiger partial charge in [0.25, 0.3) is 0 Å². The highest BCUT2D eigenvalue weighted by Crippen LogP contribution is 2.17. The van der Waals surface area contributed by atoms with E-state index in [2.05, 4.69) is 16.0 Å². The number of hydrogen-bond donors (Lipinski definition) is 3. The van der Waals surface area contributed by atoms with Gasteiger partial charge in [0.05, 0.1) is 7.11 Å². The van der Waals surface area contributed by atoms with Gasteiger partial charge in [-0.2, -0.15) is 0 Å². The maximum atomic E-state index is 12.9. The molecule has 1 heterocycles. The first-order valence-electron chi connectivity index (χ1n) is 11.2. The first kappa shape index (κ1) is 24.1. The van der Waals surface area contributed by atoms with Crippen molar-refractivity contribution in [3.8, 4) is 5.75 Å². The Hall–Kier alpha value is -3.55. The molecular formula is C25H32N4O4. The molecule has 3 N–H and O–H groups in total. The summed E-state index contributed by atoms with van der Waals surface area (Å²) in [4.78, 5) is 39.0. The van der Waals surface area contributed by atoms with E-state index < -0.39 is 6.04 Å². The molecule has 176 valence electrons. The molecule has 0 bridgehead atoms. The molecule has 8 nitrogen and oxygen atoms in total. The zero-order valence-electron chi connectivity index (χ0n) is 19.4. The van der Waals surface area contributed by atoms with Crippen LogP contribution in [0.1, 0.15) is 30.9 Å². The average molecular weight is 453 g/mol. The molecule has 33 heavy (non-hydrogen) atoms. The SMILES string of the molecule is COc1ccc(C[C@@H](NC(C)=O)C(=O)NC2CCN(C(=O)Nc3ccccc3C)CC2)cc1. The average Bonchev–Trinajstić information content (AvgIpc) is 2.80. The highest BCUT2D eigenvalue weighted by atomic mass is 16.5. The Balaban J connectivity index is 1.52. The van der Waals surface area contributed by atoms with E-state index in [1.165, 1.54) is 6.92 Å². The van der Waals surface area contributed by atoms with Gasteiger partial charge in [-0.25, -0.2) is 4.79 Å². The van der Waals surface area contributed by atoms with Crippen LogP contribution >= 0.6 is 0 Å². The Morgan fingerprint density at radius 1 is 1.06 bits per heavy atom. The predicted molar refractivity (Wildman–Crippen MR) is 127 cm³/mol. The molecule has 0 unspecified atom stereocenters. The number of nitrogens with one attached hydrogen (secondary N) is 3. The van der Waals surface area contributed by atoms with Crippen molar-refractivity contribution in [2.24, 2.45) is 0 Å². The summed E-state index contributed by atoms with van der Waals surface area (Å²) in [5.74, 6) is 0.257. The number of piperidine rings is 1. The number of benzene rings is 2. The molecule has 1 fully saturated rings. The van der Waals surface area contributed by atoms with E-state index in [1.54, 1.807) is 12.0 Å². The molecule has 1 atom stereocenters. The Morgan fingerprint density at radius 3 is 2.33 bits per heavy atom. The van der Waals surface area contributed by atoms with Crippen molar-refractivity contribution in [2.75, 3.05) is 25.5 Å². The number of para-hydroxylation sites is 1. The predicted octanol–water partition coefficient (Wildman–Crippen LogP) is 2.86. The summed E-state index contributed by atoms with van der Waals surface area (Å²) in [7, 11) is 1.60. The van der Waals surface area contributed by atoms with Gasteiger partial charge >= 0.3 is 6.03 Å². The molecule has 4 amide bonds. The van der Waals surface area contributed by atoms with Crippen molar-refractivity contribution in [3.63, 3.8) is 0 Å². The summed E-state index contributed by atoms with van der Waals surface area (Å²) >= 11 is 0. The van der Waals surface area contributed by atoms with Gasteiger partial charge in [0.1, 0.15) is 11.8 Å². The second kappa shape index (κ2) is 11.4. The van der Waals surface area contributed by atoms with E-state index in [0.29, 0.717) is 32.4 Å². The summed E-state index contributed by atoms with van der Waals surface area (Å²) in [5, 5.41) is 8.75. The number of anilines is 1. The molecule has 1 aliphatic heterocycles. The molecule has 0 saturated carbocycles. The van der Waals surface area contributed by atoms with E-state index in [4.69, 9.17) is 4.74 Å². The molecule has 1 aliphatic rings. The third kappa shape index (κ3) is 6.97. The first-order chi connectivity index (χ1) is 15.9. The standard InChI is InChI=1S/C25H32N4O4/c1-17-6-4-5-7-22(17)28-25(32)29-14-12-20(13-15-29)27-24(31)23(26-18(2)30)16-19-8-10-21(33-3)11-9-19/h4-11,20,23H,12-16H2,1-3H3,(H,26,30)(H,27,31)(H,28,32)/t23-/m1/s1. The van der Waals surface area contributed by atoms with Crippen LogP contribution in [0.2, 0.25) is 0 Å². The van der Waals surface area contributed by atoms with Gasteiger partial charge in [-0.3, -0.25) is 9.59 Å². The molecule has 0 spiro atoms. The van der Waals surface area contributed by atoms with E-state index in [9.17, 15) is 14.4 Å². The van der Waals surface area contributed by atoms with Crippen LogP contribution < -0.4 is 20.7 Å². The quantitative estimate of drug-likeness (QED) is 0.601. The number of carbonyl (C=O) groups is 3. The van der Waals surface area contributed by atoms with Crippen LogP contribution in [0, 0.1) is 6.92 Å². The fraction of sp³-hybridized carbons (Fsp3) is 0.400. The smallest absolute Gasteiger partial charge is 0.321 e. The number of amides is 4. The Kier molecular flexibility index (Phi) is 8.29. The third-order valence-electron chi connectivity index (χ3n) is 5.81. The molecule has 3 rings (SSSR count). The third-order valence-corrected chi connectivity index (χ3v) is 5.81. The Morgan fingerprint density at radius 2 is 1.73 bits per heavy atom. The monoisotopic (exact) mass is 452 g/mol. The van der Waals surface area contributed by atoms with E-state index in [1.807, 2.05) is 55.5 Å². The molecule has 1 saturated heterocycles. The summed E-state index contributed by atoms with van der Waals surface area (Å²) in [6, 6.07) is 14.2. The summed E-state index contributed by atoms with van der Waals surface area (Å²) in [5.41, 5.74) is 2.73. The summed E-state index contributed by atoms with van der Waals surface area (Å²) in [6.45, 7) is 4.45. The Bertz CT molecular complexity index is 969. The number of carbonyl (C=O) groups excluding carboxylic acids is 3. The van der Waals surface area contributed by atoms with Crippen LogP contribution in [0.5, 0.6) is 5.75 Å². The largest absolute Gasteiger partial charge is 0.497 e. The first-order valence-corrected chi connectivity index (χ1v) is 11.2. The van der Waals surface area contributed by atoms with E-state index in [0.717, 1.165) is 22.6 Å². The molecule has 0 aromatic heterocycles. The molecule has 8 heteroatoms. The van der Waals surface area contributed by atoms with Gasteiger partial charge in [-0.15, -0.1) is 0 Å². The normalized spacial score (nSPS) is 14.8. The van der Waals surface area contributed by atoms with Gasteiger partial charge in [-0.05, 0) is 49.1 Å². The van der Waals surface area contributed by atoms with Gasteiger partial charge < -0.3 is 25.6 Å². The van der Waals surface area contributed by atoms with Gasteiger partial charge in [0.2, 0.25) is 11.8 Å². The number of aryl methyl sites for hydroxylation is 1. The lowest BCUT2D eigenvalue weighted by Crippen LogP contribution is -2.53. The summed E-state index contributed by atoms with van der Waals surface area (Å²) in [6.07, 6.45) is 1.69. The molecule has 0 radical (unpaired) electrons. The Labute approximate surface area is 194 Å². The van der Waals surface area contributed by atoms with Crippen molar-refractivity contribution >= 4 is 23.5 Å². The zero-order chi connectivity index (χ0) is 23.8. The van der Waals surface area contributed by atoms with Crippen molar-refractivity contribution in [1.29, 1.82) is 0 Å². The number of hydrogen-bond acceptors (Lipinski definition) is 4. The second-order valence-corrected chi connectivity index (χ2v) is 8.32. The van der Waals surface area contributed by atoms with E-state index in [-0.39, 0.29) is 23.9 Å². The van der Waals surface area contributed by atoms with Gasteiger partial charge in [0, 0.05) is 38.2 Å². The molecular weight excluding hydrogens is 420 g/mol. The maximum Gasteiger partial charge on any atom is 0.321 e. The van der Waals surface area contributed by atoms with Crippen molar-refractivity contribution in [1.82, 2.24) is 15.5 Å². The number of methoxy groups -OCH3 is 1. The van der Waals surface area contributed by atoms with Crippen LogP contribution in [-0.2, 0) is 16.0 Å². The van der Waals surface area contributed by atoms with Crippen molar-refractivity contribution in [2.45, 2.75) is 45.2 Å². The minimum absolute atomic E-state index is 0.0489. The highest BCUT2D eigenvalue weighted by Gasteiger charge is 2.27. The number of rotatable bonds is 7.